The zero-order chi connectivity index (χ0) is 10.4. The molecular formula is C10H20N2O2. The minimum atomic E-state index is -0.452. The van der Waals surface area contributed by atoms with Crippen molar-refractivity contribution in [2.24, 2.45) is 5.92 Å². The summed E-state index contributed by atoms with van der Waals surface area (Å²) in [5.41, 5.74) is 0. The molecule has 0 spiro atoms. The van der Waals surface area contributed by atoms with Crippen molar-refractivity contribution in [3.8, 4) is 0 Å². The van der Waals surface area contributed by atoms with Crippen LogP contribution in [-0.2, 0) is 4.79 Å². The second kappa shape index (κ2) is 5.98. The molecule has 0 radical (unpaired) electrons. The van der Waals surface area contributed by atoms with Gasteiger partial charge < -0.3 is 15.7 Å². The third-order valence-corrected chi connectivity index (χ3v) is 2.53. The van der Waals surface area contributed by atoms with Crippen LogP contribution in [-0.4, -0.2) is 36.8 Å². The summed E-state index contributed by atoms with van der Waals surface area (Å²) < 4.78 is 0. The topological polar surface area (TPSA) is 61.4 Å². The quantitative estimate of drug-likeness (QED) is 0.592. The minimum absolute atomic E-state index is 0.0674. The highest BCUT2D eigenvalue weighted by molar-refractivity contribution is 5.76. The van der Waals surface area contributed by atoms with Crippen LogP contribution in [0.5, 0.6) is 0 Å². The van der Waals surface area contributed by atoms with Crippen LogP contribution >= 0.6 is 0 Å². The lowest BCUT2D eigenvalue weighted by molar-refractivity contribution is -0.122. The van der Waals surface area contributed by atoms with Crippen LogP contribution in [0.2, 0.25) is 0 Å². The largest absolute Gasteiger partial charge is 0.392 e. The first kappa shape index (κ1) is 11.5. The molecule has 3 N–H and O–H groups in total. The molecule has 14 heavy (non-hydrogen) atoms. The van der Waals surface area contributed by atoms with Gasteiger partial charge in [0.05, 0.1) is 6.10 Å². The van der Waals surface area contributed by atoms with Crippen LogP contribution in [0.4, 0.5) is 0 Å². The normalized spacial score (nSPS) is 20.4. The van der Waals surface area contributed by atoms with E-state index in [2.05, 4.69) is 10.6 Å². The molecule has 1 aliphatic rings. The number of hydrogen-bond donors (Lipinski definition) is 3. The highest BCUT2D eigenvalue weighted by Gasteiger charge is 2.16. The third-order valence-electron chi connectivity index (χ3n) is 2.53. The fraction of sp³-hybridized carbons (Fsp3) is 0.900. The van der Waals surface area contributed by atoms with E-state index in [1.165, 1.54) is 0 Å². The van der Waals surface area contributed by atoms with Crippen LogP contribution in [0.25, 0.3) is 0 Å². The Balaban J connectivity index is 2.12. The molecule has 1 fully saturated rings. The van der Waals surface area contributed by atoms with Gasteiger partial charge in [0, 0.05) is 13.0 Å². The Hall–Kier alpha value is -0.610. The van der Waals surface area contributed by atoms with Crippen molar-refractivity contribution in [2.75, 3.05) is 19.6 Å². The first-order valence-electron chi connectivity index (χ1n) is 5.34. The summed E-state index contributed by atoms with van der Waals surface area (Å²) in [6.07, 6.45) is 2.32. The lowest BCUT2D eigenvalue weighted by Crippen LogP contribution is -2.34. The van der Waals surface area contributed by atoms with Crippen molar-refractivity contribution in [3.63, 3.8) is 0 Å². The second-order valence-corrected chi connectivity index (χ2v) is 4.05. The summed E-state index contributed by atoms with van der Waals surface area (Å²) in [6, 6.07) is 0. The Bertz CT molecular complexity index is 177. The van der Waals surface area contributed by atoms with Gasteiger partial charge in [0.2, 0.25) is 5.91 Å². The first-order chi connectivity index (χ1) is 6.68. The summed E-state index contributed by atoms with van der Waals surface area (Å²) in [5, 5.41) is 15.0. The molecule has 1 atom stereocenters. The number of amides is 1. The molecule has 0 aromatic rings. The molecule has 0 unspecified atom stereocenters. The predicted octanol–water partition coefficient (Wildman–Crippen LogP) is -0.127. The van der Waals surface area contributed by atoms with E-state index in [-0.39, 0.29) is 5.91 Å². The molecular weight excluding hydrogens is 180 g/mol. The van der Waals surface area contributed by atoms with Crippen molar-refractivity contribution in [1.29, 1.82) is 0 Å². The van der Waals surface area contributed by atoms with Crippen molar-refractivity contribution < 1.29 is 9.90 Å². The van der Waals surface area contributed by atoms with Crippen LogP contribution in [0, 0.1) is 5.92 Å². The van der Waals surface area contributed by atoms with Gasteiger partial charge in [-0.15, -0.1) is 0 Å². The SMILES string of the molecule is C[C@@H](O)CNC(=O)CC1CCNCC1. The molecule has 4 nitrogen and oxygen atoms in total. The summed E-state index contributed by atoms with van der Waals surface area (Å²) in [6.45, 7) is 4.08. The molecule has 1 saturated heterocycles. The Labute approximate surface area is 85.1 Å². The van der Waals surface area contributed by atoms with Crippen molar-refractivity contribution in [2.45, 2.75) is 32.3 Å². The lowest BCUT2D eigenvalue weighted by Gasteiger charge is -2.22. The molecule has 1 amide bonds. The number of rotatable bonds is 4. The Kier molecular flexibility index (Phi) is 4.90. The molecule has 1 heterocycles. The molecule has 0 aliphatic carbocycles. The number of aliphatic hydroxyl groups excluding tert-OH is 1. The van der Waals surface area contributed by atoms with Gasteiger partial charge in [-0.1, -0.05) is 0 Å². The number of hydrogen-bond acceptors (Lipinski definition) is 3. The third kappa shape index (κ3) is 4.58. The predicted molar refractivity (Wildman–Crippen MR) is 54.9 cm³/mol. The number of piperidine rings is 1. The maximum atomic E-state index is 11.4. The highest BCUT2D eigenvalue weighted by atomic mass is 16.3. The molecule has 0 saturated carbocycles. The monoisotopic (exact) mass is 200 g/mol. The van der Waals surface area contributed by atoms with Gasteiger partial charge in [0.1, 0.15) is 0 Å². The number of nitrogens with one attached hydrogen (secondary N) is 2. The summed E-state index contributed by atoms with van der Waals surface area (Å²) >= 11 is 0. The van der Waals surface area contributed by atoms with E-state index in [9.17, 15) is 4.79 Å². The minimum Gasteiger partial charge on any atom is -0.392 e. The van der Waals surface area contributed by atoms with Crippen LogP contribution in [0.3, 0.4) is 0 Å². The van der Waals surface area contributed by atoms with Gasteiger partial charge in [-0.3, -0.25) is 4.79 Å². The van der Waals surface area contributed by atoms with Crippen molar-refractivity contribution in [3.05, 3.63) is 0 Å². The van der Waals surface area contributed by atoms with Gasteiger partial charge in [-0.05, 0) is 38.8 Å². The average Bonchev–Trinajstić information content (AvgIpc) is 2.16. The zero-order valence-electron chi connectivity index (χ0n) is 8.75. The van der Waals surface area contributed by atoms with Crippen LogP contribution in [0.1, 0.15) is 26.2 Å². The summed E-state index contributed by atoms with van der Waals surface area (Å²) in [4.78, 5) is 11.4. The second-order valence-electron chi connectivity index (χ2n) is 4.05. The molecule has 0 bridgehead atoms. The zero-order valence-corrected chi connectivity index (χ0v) is 8.75. The number of aliphatic hydroxyl groups is 1. The smallest absolute Gasteiger partial charge is 0.220 e. The molecule has 4 heteroatoms. The Morgan fingerprint density at radius 3 is 2.79 bits per heavy atom. The van der Waals surface area contributed by atoms with E-state index in [0.29, 0.717) is 18.9 Å². The fourth-order valence-corrected chi connectivity index (χ4v) is 1.68. The van der Waals surface area contributed by atoms with E-state index in [1.807, 2.05) is 0 Å². The number of carbonyl (C=O) groups is 1. The van der Waals surface area contributed by atoms with E-state index >= 15 is 0 Å². The van der Waals surface area contributed by atoms with Crippen molar-refractivity contribution >= 4 is 5.91 Å². The van der Waals surface area contributed by atoms with Gasteiger partial charge in [-0.25, -0.2) is 0 Å². The summed E-state index contributed by atoms with van der Waals surface area (Å²) in [5.74, 6) is 0.586. The van der Waals surface area contributed by atoms with Crippen LogP contribution < -0.4 is 10.6 Å². The van der Waals surface area contributed by atoms with Gasteiger partial charge in [-0.2, -0.15) is 0 Å². The Morgan fingerprint density at radius 2 is 2.21 bits per heavy atom. The lowest BCUT2D eigenvalue weighted by atomic mass is 9.94. The van der Waals surface area contributed by atoms with E-state index < -0.39 is 6.10 Å². The maximum Gasteiger partial charge on any atom is 0.220 e. The van der Waals surface area contributed by atoms with Crippen LogP contribution in [0.15, 0.2) is 0 Å². The maximum absolute atomic E-state index is 11.4. The molecule has 1 rings (SSSR count). The molecule has 1 aliphatic heterocycles. The molecule has 0 aromatic heterocycles. The van der Waals surface area contributed by atoms with Gasteiger partial charge in [0.25, 0.3) is 0 Å². The first-order valence-corrected chi connectivity index (χ1v) is 5.34. The highest BCUT2D eigenvalue weighted by Crippen LogP contribution is 2.15. The Morgan fingerprint density at radius 1 is 1.57 bits per heavy atom. The van der Waals surface area contributed by atoms with E-state index in [0.717, 1.165) is 25.9 Å². The summed E-state index contributed by atoms with van der Waals surface area (Å²) in [7, 11) is 0. The molecule has 0 aromatic carbocycles. The molecule has 82 valence electrons. The fourth-order valence-electron chi connectivity index (χ4n) is 1.68. The average molecular weight is 200 g/mol. The van der Waals surface area contributed by atoms with E-state index in [1.54, 1.807) is 6.92 Å². The van der Waals surface area contributed by atoms with E-state index in [4.69, 9.17) is 5.11 Å². The van der Waals surface area contributed by atoms with Gasteiger partial charge >= 0.3 is 0 Å². The van der Waals surface area contributed by atoms with Crippen molar-refractivity contribution in [1.82, 2.24) is 10.6 Å². The van der Waals surface area contributed by atoms with Gasteiger partial charge in [0.15, 0.2) is 0 Å². The standard InChI is InChI=1S/C10H20N2O2/c1-8(13)7-12-10(14)6-9-2-4-11-5-3-9/h8-9,11,13H,2-7H2,1H3,(H,12,14)/t8-/m1/s1. The number of carbonyl (C=O) groups excluding carboxylic acids is 1.